The van der Waals surface area contributed by atoms with Crippen molar-refractivity contribution in [3.8, 4) is 0 Å². The quantitative estimate of drug-likeness (QED) is 0.824. The van der Waals surface area contributed by atoms with Gasteiger partial charge in [-0.3, -0.25) is 0 Å². The molecule has 1 aromatic rings. The van der Waals surface area contributed by atoms with Crippen molar-refractivity contribution >= 4 is 0 Å². The Morgan fingerprint density at radius 3 is 2.47 bits per heavy atom. The number of nitrogens with one attached hydrogen (secondary N) is 1. The smallest absolute Gasteiger partial charge is 0.125 e. The zero-order chi connectivity index (χ0) is 11.5. The van der Waals surface area contributed by atoms with Gasteiger partial charge in [-0.15, -0.1) is 0 Å². The van der Waals surface area contributed by atoms with Gasteiger partial charge in [0.15, 0.2) is 0 Å². The zero-order valence-electron chi connectivity index (χ0n) is 10.4. The van der Waals surface area contributed by atoms with E-state index in [1.807, 2.05) is 20.0 Å². The highest BCUT2D eigenvalue weighted by Gasteiger charge is 2.08. The van der Waals surface area contributed by atoms with Crippen LogP contribution in [0.15, 0.2) is 6.20 Å². The molecule has 0 saturated carbocycles. The Balaban J connectivity index is 2.51. The summed E-state index contributed by atoms with van der Waals surface area (Å²) in [6, 6.07) is 0. The molecule has 0 spiro atoms. The summed E-state index contributed by atoms with van der Waals surface area (Å²) < 4.78 is 0. The normalized spacial score (nSPS) is 11.8. The summed E-state index contributed by atoms with van der Waals surface area (Å²) in [6.45, 7) is 11.4. The van der Waals surface area contributed by atoms with Crippen LogP contribution in [0, 0.1) is 13.8 Å². The van der Waals surface area contributed by atoms with Crippen molar-refractivity contribution < 1.29 is 0 Å². The monoisotopic (exact) mass is 207 g/mol. The van der Waals surface area contributed by atoms with Gasteiger partial charge in [-0.2, -0.15) is 0 Å². The first-order chi connectivity index (χ1) is 6.88. The molecule has 0 radical (unpaired) electrons. The highest BCUT2D eigenvalue weighted by Crippen LogP contribution is 2.05. The van der Waals surface area contributed by atoms with Crippen molar-refractivity contribution in [3.05, 3.63) is 23.3 Å². The molecule has 0 amide bonds. The molecule has 0 aliphatic rings. The molecule has 15 heavy (non-hydrogen) atoms. The van der Waals surface area contributed by atoms with Crippen LogP contribution in [-0.2, 0) is 6.42 Å². The summed E-state index contributed by atoms with van der Waals surface area (Å²) >= 11 is 0. The second-order valence-corrected chi connectivity index (χ2v) is 4.95. The van der Waals surface area contributed by atoms with Crippen molar-refractivity contribution in [2.24, 2.45) is 0 Å². The van der Waals surface area contributed by atoms with E-state index in [1.54, 1.807) is 0 Å². The summed E-state index contributed by atoms with van der Waals surface area (Å²) in [5, 5.41) is 3.46. The number of hydrogen-bond acceptors (Lipinski definition) is 3. The average molecular weight is 207 g/mol. The van der Waals surface area contributed by atoms with Crippen molar-refractivity contribution in [3.63, 3.8) is 0 Å². The summed E-state index contributed by atoms with van der Waals surface area (Å²) in [5.41, 5.74) is 2.51. The molecule has 0 atom stereocenters. The summed E-state index contributed by atoms with van der Waals surface area (Å²) in [6.07, 6.45) is 2.92. The van der Waals surface area contributed by atoms with Gasteiger partial charge in [0.1, 0.15) is 5.82 Å². The minimum absolute atomic E-state index is 0.180. The maximum Gasteiger partial charge on any atom is 0.125 e. The third-order valence-electron chi connectivity index (χ3n) is 2.25. The molecule has 1 N–H and O–H groups in total. The van der Waals surface area contributed by atoms with Gasteiger partial charge < -0.3 is 5.32 Å². The van der Waals surface area contributed by atoms with Gasteiger partial charge >= 0.3 is 0 Å². The summed E-state index contributed by atoms with van der Waals surface area (Å²) in [5.74, 6) is 0.847. The SMILES string of the molecule is Cc1ncc(CCNC(C)(C)C)c(C)n1. The minimum atomic E-state index is 0.180. The highest BCUT2D eigenvalue weighted by molar-refractivity contribution is 5.16. The Bertz CT molecular complexity index is 326. The van der Waals surface area contributed by atoms with Crippen LogP contribution in [0.2, 0.25) is 0 Å². The largest absolute Gasteiger partial charge is 0.312 e. The fourth-order valence-electron chi connectivity index (χ4n) is 1.43. The Morgan fingerprint density at radius 1 is 1.27 bits per heavy atom. The van der Waals surface area contributed by atoms with Crippen LogP contribution in [0.3, 0.4) is 0 Å². The molecule has 84 valence electrons. The maximum atomic E-state index is 4.35. The highest BCUT2D eigenvalue weighted by atomic mass is 14.9. The van der Waals surface area contributed by atoms with Crippen molar-refractivity contribution in [2.75, 3.05) is 6.54 Å². The van der Waals surface area contributed by atoms with Crippen LogP contribution in [0.5, 0.6) is 0 Å². The van der Waals surface area contributed by atoms with Gasteiger partial charge in [0.2, 0.25) is 0 Å². The van der Waals surface area contributed by atoms with Gasteiger partial charge in [0, 0.05) is 17.4 Å². The van der Waals surface area contributed by atoms with E-state index in [0.29, 0.717) is 0 Å². The predicted octanol–water partition coefficient (Wildman–Crippen LogP) is 2.02. The lowest BCUT2D eigenvalue weighted by atomic mass is 10.1. The van der Waals surface area contributed by atoms with E-state index in [9.17, 15) is 0 Å². The Kier molecular flexibility index (Phi) is 3.80. The Morgan fingerprint density at radius 2 is 1.93 bits per heavy atom. The minimum Gasteiger partial charge on any atom is -0.312 e. The number of aromatic nitrogens is 2. The fourth-order valence-corrected chi connectivity index (χ4v) is 1.43. The average Bonchev–Trinajstić information content (AvgIpc) is 2.07. The molecule has 0 aliphatic heterocycles. The number of aryl methyl sites for hydroxylation is 2. The van der Waals surface area contributed by atoms with E-state index in [1.165, 1.54) is 5.56 Å². The van der Waals surface area contributed by atoms with Gasteiger partial charge in [-0.25, -0.2) is 9.97 Å². The second-order valence-electron chi connectivity index (χ2n) is 4.95. The van der Waals surface area contributed by atoms with Crippen LogP contribution in [0.25, 0.3) is 0 Å². The van der Waals surface area contributed by atoms with Gasteiger partial charge in [-0.05, 0) is 53.1 Å². The molecule has 1 aromatic heterocycles. The van der Waals surface area contributed by atoms with Gasteiger partial charge in [0.05, 0.1) is 0 Å². The maximum absolute atomic E-state index is 4.35. The van der Waals surface area contributed by atoms with Crippen LogP contribution in [0.1, 0.15) is 37.9 Å². The first-order valence-corrected chi connectivity index (χ1v) is 5.42. The Labute approximate surface area is 92.3 Å². The first-order valence-electron chi connectivity index (χ1n) is 5.42. The van der Waals surface area contributed by atoms with E-state index in [2.05, 4.69) is 36.1 Å². The summed E-state index contributed by atoms with van der Waals surface area (Å²) in [7, 11) is 0. The lowest BCUT2D eigenvalue weighted by Crippen LogP contribution is -2.37. The van der Waals surface area contributed by atoms with E-state index < -0.39 is 0 Å². The van der Waals surface area contributed by atoms with Crippen LogP contribution >= 0.6 is 0 Å². The molecular weight excluding hydrogens is 186 g/mol. The van der Waals surface area contributed by atoms with Crippen molar-refractivity contribution in [1.29, 1.82) is 0 Å². The van der Waals surface area contributed by atoms with Crippen LogP contribution < -0.4 is 5.32 Å². The molecule has 1 heterocycles. The van der Waals surface area contributed by atoms with Crippen molar-refractivity contribution in [1.82, 2.24) is 15.3 Å². The predicted molar refractivity (Wildman–Crippen MR) is 63.0 cm³/mol. The number of hydrogen-bond donors (Lipinski definition) is 1. The lowest BCUT2D eigenvalue weighted by Gasteiger charge is -2.20. The molecule has 1 rings (SSSR count). The van der Waals surface area contributed by atoms with E-state index in [0.717, 1.165) is 24.5 Å². The lowest BCUT2D eigenvalue weighted by molar-refractivity contribution is 0.429. The Hall–Kier alpha value is -0.960. The van der Waals surface area contributed by atoms with E-state index >= 15 is 0 Å². The molecule has 0 bridgehead atoms. The topological polar surface area (TPSA) is 37.8 Å². The molecule has 3 heteroatoms. The number of nitrogens with zero attached hydrogens (tertiary/aromatic N) is 2. The summed E-state index contributed by atoms with van der Waals surface area (Å²) in [4.78, 5) is 8.57. The standard InChI is InChI=1S/C12H21N3/c1-9-11(8-13-10(2)15-9)6-7-14-12(3,4)5/h8,14H,6-7H2,1-5H3. The van der Waals surface area contributed by atoms with E-state index in [-0.39, 0.29) is 5.54 Å². The molecule has 0 fully saturated rings. The number of rotatable bonds is 3. The van der Waals surface area contributed by atoms with Gasteiger partial charge in [0.25, 0.3) is 0 Å². The fraction of sp³-hybridized carbons (Fsp3) is 0.667. The molecule has 0 saturated heterocycles. The zero-order valence-corrected chi connectivity index (χ0v) is 10.4. The molecule has 0 aromatic carbocycles. The first kappa shape index (κ1) is 12.1. The molecule has 0 aliphatic carbocycles. The molecule has 3 nitrogen and oxygen atoms in total. The second kappa shape index (κ2) is 4.71. The molecule has 0 unspecified atom stereocenters. The molecular formula is C12H21N3. The third-order valence-corrected chi connectivity index (χ3v) is 2.25. The van der Waals surface area contributed by atoms with Crippen LogP contribution in [-0.4, -0.2) is 22.1 Å². The van der Waals surface area contributed by atoms with Gasteiger partial charge in [-0.1, -0.05) is 0 Å². The van der Waals surface area contributed by atoms with Crippen LogP contribution in [0.4, 0.5) is 0 Å². The van der Waals surface area contributed by atoms with E-state index in [4.69, 9.17) is 0 Å². The third kappa shape index (κ3) is 4.38. The van der Waals surface area contributed by atoms with Crippen molar-refractivity contribution in [2.45, 2.75) is 46.6 Å².